The number of nitrogens with one attached hydrogen (secondary N) is 3. The highest BCUT2D eigenvalue weighted by atomic mass is 32.1. The highest BCUT2D eigenvalue weighted by molar-refractivity contribution is 7.80. The molecule has 0 aromatic heterocycles. The predicted octanol–water partition coefficient (Wildman–Crippen LogP) is 1.46. The van der Waals surface area contributed by atoms with Crippen LogP contribution in [-0.4, -0.2) is 50.2 Å². The fraction of sp³-hybridized carbons (Fsp3) is 0.333. The lowest BCUT2D eigenvalue weighted by Gasteiger charge is -2.23. The average Bonchev–Trinajstić information content (AvgIpc) is 2.73. The molecule has 5 nitrogen and oxygen atoms in total. The highest BCUT2D eigenvalue weighted by Gasteiger charge is 2.12. The largest absolute Gasteiger partial charge is 0.370 e. The Balaban J connectivity index is 1.46. The van der Waals surface area contributed by atoms with Crippen molar-refractivity contribution in [2.75, 3.05) is 39.4 Å². The lowest BCUT2D eigenvalue weighted by molar-refractivity contribution is -0.906. The van der Waals surface area contributed by atoms with Gasteiger partial charge < -0.3 is 15.0 Å². The number of ether oxygens (including phenoxy) is 1. The number of morpholine rings is 1. The Bertz CT molecular complexity index is 756. The molecule has 1 fully saturated rings. The van der Waals surface area contributed by atoms with Gasteiger partial charge >= 0.3 is 0 Å². The Morgan fingerprint density at radius 2 is 1.70 bits per heavy atom. The van der Waals surface area contributed by atoms with Crippen molar-refractivity contribution in [2.45, 2.75) is 6.92 Å². The normalized spacial score (nSPS) is 15.4. The van der Waals surface area contributed by atoms with E-state index in [0.717, 1.165) is 50.7 Å². The van der Waals surface area contributed by atoms with Crippen molar-refractivity contribution in [3.63, 3.8) is 0 Å². The van der Waals surface area contributed by atoms with E-state index in [1.807, 2.05) is 25.1 Å². The zero-order valence-corrected chi connectivity index (χ0v) is 16.5. The molecule has 1 heterocycles. The standard InChI is InChI=1S/C21H26N4OS/c1-17(18-7-9-20(10-8-18)19-5-3-2-4-6-19)23-24-21(27)22-11-12-25-13-15-26-16-14-25/h2-10H,11-16H2,1H3,(H2,22,24,27)/p+1/b23-17-. The van der Waals surface area contributed by atoms with Gasteiger partial charge in [-0.15, -0.1) is 0 Å². The molecule has 0 saturated carbocycles. The number of quaternary nitrogens is 1. The van der Waals surface area contributed by atoms with Gasteiger partial charge in [0.25, 0.3) is 0 Å². The fourth-order valence-electron chi connectivity index (χ4n) is 3.04. The highest BCUT2D eigenvalue weighted by Crippen LogP contribution is 2.19. The molecule has 2 aromatic rings. The summed E-state index contributed by atoms with van der Waals surface area (Å²) in [7, 11) is 0. The molecule has 0 bridgehead atoms. The third-order valence-electron chi connectivity index (χ3n) is 4.70. The number of hydrogen-bond donors (Lipinski definition) is 3. The van der Waals surface area contributed by atoms with E-state index >= 15 is 0 Å². The van der Waals surface area contributed by atoms with Crippen LogP contribution in [0.15, 0.2) is 59.7 Å². The summed E-state index contributed by atoms with van der Waals surface area (Å²) in [5.74, 6) is 0. The van der Waals surface area contributed by atoms with E-state index in [1.165, 1.54) is 11.1 Å². The molecule has 0 unspecified atom stereocenters. The second kappa shape index (κ2) is 10.2. The monoisotopic (exact) mass is 383 g/mol. The van der Waals surface area contributed by atoms with Crippen LogP contribution in [-0.2, 0) is 4.74 Å². The second-order valence-corrected chi connectivity index (χ2v) is 7.03. The Morgan fingerprint density at radius 3 is 2.41 bits per heavy atom. The van der Waals surface area contributed by atoms with E-state index in [2.05, 4.69) is 52.2 Å². The van der Waals surface area contributed by atoms with Crippen LogP contribution in [0.5, 0.6) is 0 Å². The van der Waals surface area contributed by atoms with Gasteiger partial charge in [0.15, 0.2) is 5.11 Å². The first-order chi connectivity index (χ1) is 13.2. The summed E-state index contributed by atoms with van der Waals surface area (Å²) in [6.45, 7) is 7.69. The number of rotatable bonds is 6. The lowest BCUT2D eigenvalue weighted by atomic mass is 10.0. The van der Waals surface area contributed by atoms with Crippen LogP contribution in [0.4, 0.5) is 0 Å². The number of thiocarbonyl (C=S) groups is 1. The molecule has 1 aliphatic heterocycles. The first-order valence-electron chi connectivity index (χ1n) is 9.37. The van der Waals surface area contributed by atoms with Crippen LogP contribution in [0.25, 0.3) is 11.1 Å². The topological polar surface area (TPSA) is 50.1 Å². The van der Waals surface area contributed by atoms with Crippen molar-refractivity contribution in [1.29, 1.82) is 0 Å². The number of benzene rings is 2. The van der Waals surface area contributed by atoms with Crippen LogP contribution < -0.4 is 15.6 Å². The zero-order chi connectivity index (χ0) is 18.9. The summed E-state index contributed by atoms with van der Waals surface area (Å²) >= 11 is 5.31. The first kappa shape index (κ1) is 19.5. The molecular formula is C21H27N4OS+. The molecule has 27 heavy (non-hydrogen) atoms. The summed E-state index contributed by atoms with van der Waals surface area (Å²) in [6.07, 6.45) is 0. The summed E-state index contributed by atoms with van der Waals surface area (Å²) < 4.78 is 5.37. The summed E-state index contributed by atoms with van der Waals surface area (Å²) in [5, 5.41) is 8.18. The molecule has 0 radical (unpaired) electrons. The molecule has 0 aliphatic carbocycles. The first-order valence-corrected chi connectivity index (χ1v) is 9.78. The van der Waals surface area contributed by atoms with Gasteiger partial charge in [-0.25, -0.2) is 0 Å². The number of hydrogen-bond acceptors (Lipinski definition) is 3. The minimum absolute atomic E-state index is 0.558. The Kier molecular flexibility index (Phi) is 7.33. The molecule has 3 N–H and O–H groups in total. The summed E-state index contributed by atoms with van der Waals surface area (Å²) in [4.78, 5) is 1.55. The summed E-state index contributed by atoms with van der Waals surface area (Å²) in [6, 6.07) is 18.8. The quantitative estimate of drug-likeness (QED) is 0.402. The van der Waals surface area contributed by atoms with Crippen molar-refractivity contribution < 1.29 is 9.64 Å². The van der Waals surface area contributed by atoms with Crippen molar-refractivity contribution in [3.05, 3.63) is 60.2 Å². The van der Waals surface area contributed by atoms with Gasteiger partial charge in [-0.3, -0.25) is 5.43 Å². The zero-order valence-electron chi connectivity index (χ0n) is 15.7. The third kappa shape index (κ3) is 6.13. The molecule has 3 rings (SSSR count). The average molecular weight is 384 g/mol. The van der Waals surface area contributed by atoms with Gasteiger partial charge in [0.1, 0.15) is 13.1 Å². The van der Waals surface area contributed by atoms with E-state index in [-0.39, 0.29) is 0 Å². The van der Waals surface area contributed by atoms with E-state index in [0.29, 0.717) is 5.11 Å². The lowest BCUT2D eigenvalue weighted by Crippen LogP contribution is -3.14. The maximum atomic E-state index is 5.37. The number of nitrogens with zero attached hydrogens (tertiary/aromatic N) is 1. The molecule has 2 aromatic carbocycles. The molecule has 0 amide bonds. The van der Waals surface area contributed by atoms with E-state index in [1.54, 1.807) is 4.90 Å². The molecule has 0 atom stereocenters. The SMILES string of the molecule is C/C(=N/NC(=S)NCC[NH+]1CCOCC1)c1ccc(-c2ccccc2)cc1. The van der Waals surface area contributed by atoms with Crippen LogP contribution in [0, 0.1) is 0 Å². The van der Waals surface area contributed by atoms with Crippen LogP contribution in [0.2, 0.25) is 0 Å². The van der Waals surface area contributed by atoms with E-state index in [4.69, 9.17) is 17.0 Å². The molecule has 1 aliphatic rings. The van der Waals surface area contributed by atoms with Gasteiger partial charge in [0, 0.05) is 0 Å². The van der Waals surface area contributed by atoms with Crippen molar-refractivity contribution in [2.24, 2.45) is 5.10 Å². The van der Waals surface area contributed by atoms with Gasteiger partial charge in [0.2, 0.25) is 0 Å². The Hall–Kier alpha value is -2.28. The summed E-state index contributed by atoms with van der Waals surface area (Å²) in [5.41, 5.74) is 7.32. The van der Waals surface area contributed by atoms with Crippen LogP contribution in [0.1, 0.15) is 12.5 Å². The van der Waals surface area contributed by atoms with Crippen molar-refractivity contribution in [3.8, 4) is 11.1 Å². The van der Waals surface area contributed by atoms with Gasteiger partial charge in [0.05, 0.1) is 32.0 Å². The smallest absolute Gasteiger partial charge is 0.187 e. The molecular weight excluding hydrogens is 356 g/mol. The fourth-order valence-corrected chi connectivity index (χ4v) is 3.18. The molecule has 1 saturated heterocycles. The van der Waals surface area contributed by atoms with Gasteiger partial charge in [-0.05, 0) is 35.8 Å². The second-order valence-electron chi connectivity index (χ2n) is 6.62. The maximum Gasteiger partial charge on any atom is 0.187 e. The van der Waals surface area contributed by atoms with Crippen LogP contribution >= 0.6 is 12.2 Å². The number of hydrazone groups is 1. The van der Waals surface area contributed by atoms with E-state index in [9.17, 15) is 0 Å². The predicted molar refractivity (Wildman–Crippen MR) is 114 cm³/mol. The molecule has 142 valence electrons. The molecule has 6 heteroatoms. The Morgan fingerprint density at radius 1 is 1.04 bits per heavy atom. The maximum absolute atomic E-state index is 5.37. The van der Waals surface area contributed by atoms with Crippen molar-refractivity contribution in [1.82, 2.24) is 10.7 Å². The van der Waals surface area contributed by atoms with Gasteiger partial charge in [-0.1, -0.05) is 54.6 Å². The minimum Gasteiger partial charge on any atom is -0.370 e. The Labute approximate surface area is 166 Å². The van der Waals surface area contributed by atoms with Crippen LogP contribution in [0.3, 0.4) is 0 Å². The van der Waals surface area contributed by atoms with E-state index < -0.39 is 0 Å². The minimum atomic E-state index is 0.558. The van der Waals surface area contributed by atoms with Crippen molar-refractivity contribution >= 4 is 23.0 Å². The third-order valence-corrected chi connectivity index (χ3v) is 4.93. The molecule has 0 spiro atoms. The van der Waals surface area contributed by atoms with Gasteiger partial charge in [-0.2, -0.15) is 5.10 Å².